The van der Waals surface area contributed by atoms with Gasteiger partial charge in [0.15, 0.2) is 0 Å². The number of hydrogen-bond donors (Lipinski definition) is 1. The first-order valence-corrected chi connectivity index (χ1v) is 5.80. The van der Waals surface area contributed by atoms with Crippen molar-refractivity contribution in [2.75, 3.05) is 0 Å². The number of aliphatic hydroxyl groups excluding tert-OH is 1. The summed E-state index contributed by atoms with van der Waals surface area (Å²) in [7, 11) is 0. The van der Waals surface area contributed by atoms with Gasteiger partial charge in [-0.25, -0.2) is 0 Å². The molecule has 2 heteroatoms. The van der Waals surface area contributed by atoms with Crippen LogP contribution in [0.5, 0.6) is 0 Å². The van der Waals surface area contributed by atoms with E-state index in [0.717, 1.165) is 12.8 Å². The molecule has 1 aromatic heterocycles. The first-order valence-electron chi connectivity index (χ1n) is 4.99. The molecule has 1 aromatic rings. The highest BCUT2D eigenvalue weighted by atomic mass is 32.1. The minimum atomic E-state index is -0.188. The van der Waals surface area contributed by atoms with E-state index in [1.54, 1.807) is 0 Å². The Morgan fingerprint density at radius 1 is 1.54 bits per heavy atom. The molecule has 1 aliphatic carbocycles. The lowest BCUT2D eigenvalue weighted by atomic mass is 9.95. The highest BCUT2D eigenvalue weighted by Crippen LogP contribution is 2.37. The van der Waals surface area contributed by atoms with E-state index < -0.39 is 0 Å². The SMILES string of the molecule is CC(C)c1cc2c(s1)CCCC2O. The van der Waals surface area contributed by atoms with E-state index in [1.165, 1.54) is 21.7 Å². The van der Waals surface area contributed by atoms with Crippen molar-refractivity contribution in [3.63, 3.8) is 0 Å². The van der Waals surface area contributed by atoms with Crippen molar-refractivity contribution in [2.24, 2.45) is 0 Å². The minimum Gasteiger partial charge on any atom is -0.388 e. The van der Waals surface area contributed by atoms with E-state index in [1.807, 2.05) is 11.3 Å². The quantitative estimate of drug-likeness (QED) is 0.731. The Morgan fingerprint density at radius 3 is 2.92 bits per heavy atom. The maximum Gasteiger partial charge on any atom is 0.0801 e. The van der Waals surface area contributed by atoms with Gasteiger partial charge in [-0.2, -0.15) is 0 Å². The van der Waals surface area contributed by atoms with Gasteiger partial charge in [0.05, 0.1) is 6.10 Å². The lowest BCUT2D eigenvalue weighted by Gasteiger charge is -2.16. The van der Waals surface area contributed by atoms with Crippen molar-refractivity contribution < 1.29 is 5.11 Å². The molecule has 1 atom stereocenters. The van der Waals surface area contributed by atoms with Crippen LogP contribution in [0.4, 0.5) is 0 Å². The van der Waals surface area contributed by atoms with E-state index in [9.17, 15) is 5.11 Å². The summed E-state index contributed by atoms with van der Waals surface area (Å²) >= 11 is 1.89. The summed E-state index contributed by atoms with van der Waals surface area (Å²) < 4.78 is 0. The fourth-order valence-corrected chi connectivity index (χ4v) is 3.10. The number of thiophene rings is 1. The van der Waals surface area contributed by atoms with Crippen LogP contribution >= 0.6 is 11.3 Å². The molecule has 1 N–H and O–H groups in total. The Balaban J connectivity index is 2.36. The summed E-state index contributed by atoms with van der Waals surface area (Å²) in [6, 6.07) is 2.20. The van der Waals surface area contributed by atoms with Crippen LogP contribution in [0.3, 0.4) is 0 Å². The monoisotopic (exact) mass is 196 g/mol. The molecule has 0 spiro atoms. The average Bonchev–Trinajstić information content (AvgIpc) is 2.49. The van der Waals surface area contributed by atoms with Gasteiger partial charge < -0.3 is 5.11 Å². The number of rotatable bonds is 1. The number of aliphatic hydroxyl groups is 1. The second kappa shape index (κ2) is 3.43. The second-order valence-corrected chi connectivity index (χ2v) is 5.26. The molecule has 0 aromatic carbocycles. The Kier molecular flexibility index (Phi) is 2.43. The third-order valence-corrected chi connectivity index (χ3v) is 4.18. The molecule has 0 saturated carbocycles. The molecule has 1 unspecified atom stereocenters. The largest absolute Gasteiger partial charge is 0.388 e. The molecule has 1 nitrogen and oxygen atoms in total. The molecule has 2 rings (SSSR count). The molecule has 0 bridgehead atoms. The summed E-state index contributed by atoms with van der Waals surface area (Å²) in [6.07, 6.45) is 3.07. The van der Waals surface area contributed by atoms with Crippen LogP contribution in [0.15, 0.2) is 6.07 Å². The summed E-state index contributed by atoms with van der Waals surface area (Å²) in [4.78, 5) is 2.84. The van der Waals surface area contributed by atoms with Crippen LogP contribution in [-0.2, 0) is 6.42 Å². The van der Waals surface area contributed by atoms with Crippen molar-refractivity contribution in [3.8, 4) is 0 Å². The van der Waals surface area contributed by atoms with E-state index in [-0.39, 0.29) is 6.10 Å². The number of hydrogen-bond acceptors (Lipinski definition) is 2. The zero-order chi connectivity index (χ0) is 9.42. The summed E-state index contributed by atoms with van der Waals surface area (Å²) in [5.41, 5.74) is 1.21. The third kappa shape index (κ3) is 1.65. The maximum atomic E-state index is 9.76. The second-order valence-electron chi connectivity index (χ2n) is 4.09. The smallest absolute Gasteiger partial charge is 0.0801 e. The van der Waals surface area contributed by atoms with Crippen molar-refractivity contribution in [3.05, 3.63) is 21.4 Å². The van der Waals surface area contributed by atoms with E-state index in [0.29, 0.717) is 5.92 Å². The lowest BCUT2D eigenvalue weighted by molar-refractivity contribution is 0.157. The average molecular weight is 196 g/mol. The Labute approximate surface area is 83.4 Å². The lowest BCUT2D eigenvalue weighted by Crippen LogP contribution is -2.05. The maximum absolute atomic E-state index is 9.76. The van der Waals surface area contributed by atoms with Crippen LogP contribution in [0.25, 0.3) is 0 Å². The highest BCUT2D eigenvalue weighted by molar-refractivity contribution is 7.12. The molecule has 0 fully saturated rings. The van der Waals surface area contributed by atoms with Gasteiger partial charge in [-0.15, -0.1) is 11.3 Å². The van der Waals surface area contributed by atoms with Crippen LogP contribution in [0.1, 0.15) is 54.0 Å². The van der Waals surface area contributed by atoms with Gasteiger partial charge in [0.1, 0.15) is 0 Å². The van der Waals surface area contributed by atoms with Gasteiger partial charge in [0.2, 0.25) is 0 Å². The predicted octanol–water partition coefficient (Wildman–Crippen LogP) is 3.24. The van der Waals surface area contributed by atoms with Gasteiger partial charge >= 0.3 is 0 Å². The zero-order valence-corrected chi connectivity index (χ0v) is 9.03. The summed E-state index contributed by atoms with van der Waals surface area (Å²) in [5.74, 6) is 0.600. The van der Waals surface area contributed by atoms with E-state index >= 15 is 0 Å². The van der Waals surface area contributed by atoms with Crippen LogP contribution < -0.4 is 0 Å². The van der Waals surface area contributed by atoms with Crippen LogP contribution in [0.2, 0.25) is 0 Å². The summed E-state index contributed by atoms with van der Waals surface area (Å²) in [6.45, 7) is 4.42. The van der Waals surface area contributed by atoms with Gasteiger partial charge in [-0.3, -0.25) is 0 Å². The first kappa shape index (κ1) is 9.22. The van der Waals surface area contributed by atoms with E-state index in [2.05, 4.69) is 19.9 Å². The molecule has 13 heavy (non-hydrogen) atoms. The fraction of sp³-hybridized carbons (Fsp3) is 0.636. The van der Waals surface area contributed by atoms with Crippen LogP contribution in [-0.4, -0.2) is 5.11 Å². The van der Waals surface area contributed by atoms with Gasteiger partial charge in [-0.1, -0.05) is 13.8 Å². The third-order valence-electron chi connectivity index (χ3n) is 2.67. The Morgan fingerprint density at radius 2 is 2.31 bits per heavy atom. The predicted molar refractivity (Wildman–Crippen MR) is 56.3 cm³/mol. The highest BCUT2D eigenvalue weighted by Gasteiger charge is 2.21. The first-order chi connectivity index (χ1) is 6.18. The molecule has 0 radical (unpaired) electrons. The van der Waals surface area contributed by atoms with Gasteiger partial charge in [0, 0.05) is 9.75 Å². The molecule has 0 saturated heterocycles. The van der Waals surface area contributed by atoms with Crippen molar-refractivity contribution in [1.82, 2.24) is 0 Å². The minimum absolute atomic E-state index is 0.188. The Bertz CT molecular complexity index is 301. The van der Waals surface area contributed by atoms with Crippen molar-refractivity contribution in [2.45, 2.75) is 45.1 Å². The van der Waals surface area contributed by atoms with Crippen molar-refractivity contribution >= 4 is 11.3 Å². The molecule has 1 aliphatic rings. The van der Waals surface area contributed by atoms with Gasteiger partial charge in [-0.05, 0) is 36.8 Å². The van der Waals surface area contributed by atoms with E-state index in [4.69, 9.17) is 0 Å². The molecule has 1 heterocycles. The zero-order valence-electron chi connectivity index (χ0n) is 8.21. The standard InChI is InChI=1S/C11H16OS/c1-7(2)11-6-8-9(12)4-3-5-10(8)13-11/h6-7,9,12H,3-5H2,1-2H3. The summed E-state index contributed by atoms with van der Waals surface area (Å²) in [5, 5.41) is 9.76. The van der Waals surface area contributed by atoms with Gasteiger partial charge in [0.25, 0.3) is 0 Å². The Hall–Kier alpha value is -0.340. The topological polar surface area (TPSA) is 20.2 Å². The molecular formula is C11H16OS. The number of fused-ring (bicyclic) bond motifs is 1. The molecule has 0 amide bonds. The molecule has 72 valence electrons. The van der Waals surface area contributed by atoms with Crippen LogP contribution in [0, 0.1) is 0 Å². The normalized spacial score (nSPS) is 22.0. The van der Waals surface area contributed by atoms with Crippen molar-refractivity contribution in [1.29, 1.82) is 0 Å². The molecular weight excluding hydrogens is 180 g/mol. The molecule has 0 aliphatic heterocycles. The fourth-order valence-electron chi connectivity index (χ4n) is 1.84. The number of aryl methyl sites for hydroxylation is 1.